The van der Waals surface area contributed by atoms with Crippen molar-refractivity contribution in [2.75, 3.05) is 4.90 Å². The first-order valence-electron chi connectivity index (χ1n) is 8.31. The summed E-state index contributed by atoms with van der Waals surface area (Å²) >= 11 is 6.64. The third-order valence-corrected chi connectivity index (χ3v) is 5.27. The minimum absolute atomic E-state index is 0.0866. The smallest absolute Gasteiger partial charge is 0.298 e. The fourth-order valence-corrected chi connectivity index (χ4v) is 3.77. The van der Waals surface area contributed by atoms with Gasteiger partial charge in [-0.3, -0.25) is 19.7 Å². The number of carbonyl (C=O) groups excluding carboxylic acids is 2. The lowest BCUT2D eigenvalue weighted by molar-refractivity contribution is -0.384. The monoisotopic (exact) mass is 426 g/mol. The number of nitro groups is 1. The van der Waals surface area contributed by atoms with Crippen LogP contribution in [0.2, 0.25) is 5.02 Å². The molecule has 3 aromatic rings. The molecule has 0 unspecified atom stereocenters. The van der Waals surface area contributed by atoms with Crippen LogP contribution in [0, 0.1) is 10.1 Å². The summed E-state index contributed by atoms with van der Waals surface area (Å²) in [6.45, 7) is 0. The molecule has 0 N–H and O–H groups in total. The highest BCUT2D eigenvalue weighted by molar-refractivity contribution is 8.19. The Hall–Kier alpha value is -3.36. The molecule has 1 saturated heterocycles. The van der Waals surface area contributed by atoms with E-state index in [0.717, 1.165) is 16.7 Å². The lowest BCUT2D eigenvalue weighted by Crippen LogP contribution is -2.27. The Morgan fingerprint density at radius 2 is 1.76 bits per heavy atom. The number of furan rings is 1. The van der Waals surface area contributed by atoms with Crippen molar-refractivity contribution in [2.24, 2.45) is 0 Å². The van der Waals surface area contributed by atoms with Gasteiger partial charge in [0.05, 0.1) is 21.1 Å². The second kappa shape index (κ2) is 7.57. The van der Waals surface area contributed by atoms with Gasteiger partial charge in [-0.15, -0.1) is 0 Å². The van der Waals surface area contributed by atoms with Crippen LogP contribution in [0.4, 0.5) is 16.2 Å². The fourth-order valence-electron chi connectivity index (χ4n) is 2.83. The number of hydrogen-bond donors (Lipinski definition) is 0. The van der Waals surface area contributed by atoms with E-state index in [0.29, 0.717) is 27.8 Å². The maximum absolute atomic E-state index is 12.7. The zero-order valence-electron chi connectivity index (χ0n) is 14.6. The third-order valence-electron chi connectivity index (χ3n) is 4.14. The van der Waals surface area contributed by atoms with Gasteiger partial charge in [-0.25, -0.2) is 4.90 Å². The Morgan fingerprint density at radius 3 is 2.48 bits per heavy atom. The van der Waals surface area contributed by atoms with Gasteiger partial charge in [0.1, 0.15) is 11.5 Å². The van der Waals surface area contributed by atoms with Crippen molar-refractivity contribution in [3.8, 4) is 11.3 Å². The van der Waals surface area contributed by atoms with Crippen LogP contribution in [0.25, 0.3) is 17.4 Å². The first kappa shape index (κ1) is 19.0. The number of halogens is 1. The maximum atomic E-state index is 12.7. The highest BCUT2D eigenvalue weighted by Gasteiger charge is 2.36. The van der Waals surface area contributed by atoms with E-state index in [2.05, 4.69) is 0 Å². The lowest BCUT2D eigenvalue weighted by Gasteiger charge is -2.11. The van der Waals surface area contributed by atoms with Crippen molar-refractivity contribution in [1.82, 2.24) is 0 Å². The molecular weight excluding hydrogens is 416 g/mol. The molecule has 0 atom stereocenters. The Kier molecular flexibility index (Phi) is 4.96. The number of hydrogen-bond acceptors (Lipinski definition) is 6. The summed E-state index contributed by atoms with van der Waals surface area (Å²) in [5, 5.41) is 11.3. The van der Waals surface area contributed by atoms with Gasteiger partial charge < -0.3 is 4.42 Å². The highest BCUT2D eigenvalue weighted by atomic mass is 35.5. The average molecular weight is 427 g/mol. The molecule has 0 spiro atoms. The van der Waals surface area contributed by atoms with Crippen LogP contribution >= 0.6 is 23.4 Å². The number of nitro benzene ring substituents is 1. The number of benzene rings is 2. The van der Waals surface area contributed by atoms with E-state index >= 15 is 0 Å². The quantitative estimate of drug-likeness (QED) is 0.299. The molecule has 1 aromatic heterocycles. The maximum Gasteiger partial charge on any atom is 0.298 e. The van der Waals surface area contributed by atoms with Crippen LogP contribution in [-0.4, -0.2) is 16.1 Å². The summed E-state index contributed by atoms with van der Waals surface area (Å²) in [5.41, 5.74) is 0.656. The number of rotatable bonds is 4. The zero-order valence-corrected chi connectivity index (χ0v) is 16.1. The first-order valence-corrected chi connectivity index (χ1v) is 9.50. The molecule has 1 fully saturated rings. The molecule has 9 heteroatoms. The van der Waals surface area contributed by atoms with Gasteiger partial charge >= 0.3 is 0 Å². The predicted molar refractivity (Wildman–Crippen MR) is 111 cm³/mol. The van der Waals surface area contributed by atoms with Crippen LogP contribution in [0.5, 0.6) is 0 Å². The lowest BCUT2D eigenvalue weighted by atomic mass is 10.1. The van der Waals surface area contributed by atoms with Gasteiger partial charge in [-0.1, -0.05) is 23.7 Å². The predicted octanol–water partition coefficient (Wildman–Crippen LogP) is 5.75. The zero-order chi connectivity index (χ0) is 20.5. The van der Waals surface area contributed by atoms with E-state index in [-0.39, 0.29) is 10.6 Å². The standard InChI is InChI=1S/C20H11ClN2O5S/c21-12-5-7-13(8-6-12)22-19(24)18(29-20(22)25)11-14-9-10-17(28-14)15-3-1-2-4-16(15)23(26)27/h1-11H/b18-11-. The Balaban J connectivity index is 1.63. The first-order chi connectivity index (χ1) is 13.9. The average Bonchev–Trinajstić information content (AvgIpc) is 3.27. The van der Waals surface area contributed by atoms with E-state index < -0.39 is 16.1 Å². The molecule has 144 valence electrons. The number of carbonyl (C=O) groups is 2. The SMILES string of the molecule is O=C1S/C(=C\c2ccc(-c3ccccc3[N+](=O)[O-])o2)C(=O)N1c1ccc(Cl)cc1. The van der Waals surface area contributed by atoms with Gasteiger partial charge in [-0.2, -0.15) is 0 Å². The second-order valence-corrected chi connectivity index (χ2v) is 7.40. The van der Waals surface area contributed by atoms with E-state index in [1.165, 1.54) is 12.1 Å². The molecule has 2 amide bonds. The summed E-state index contributed by atoms with van der Waals surface area (Å²) < 4.78 is 5.67. The molecule has 2 heterocycles. The van der Waals surface area contributed by atoms with Gasteiger partial charge in [-0.05, 0) is 54.2 Å². The number of amides is 2. The van der Waals surface area contributed by atoms with Crippen molar-refractivity contribution in [2.45, 2.75) is 0 Å². The summed E-state index contributed by atoms with van der Waals surface area (Å²) in [7, 11) is 0. The summed E-state index contributed by atoms with van der Waals surface area (Å²) in [5.74, 6) is 0.117. The largest absolute Gasteiger partial charge is 0.456 e. The minimum Gasteiger partial charge on any atom is -0.456 e. The van der Waals surface area contributed by atoms with Crippen LogP contribution in [0.3, 0.4) is 0 Å². The van der Waals surface area contributed by atoms with Crippen molar-refractivity contribution in [3.05, 3.63) is 86.5 Å². The molecule has 0 radical (unpaired) electrons. The molecule has 7 nitrogen and oxygen atoms in total. The number of nitrogens with zero attached hydrogens (tertiary/aromatic N) is 2. The molecule has 0 bridgehead atoms. The molecule has 2 aromatic carbocycles. The summed E-state index contributed by atoms with van der Waals surface area (Å²) in [4.78, 5) is 36.9. The van der Waals surface area contributed by atoms with Crippen LogP contribution in [-0.2, 0) is 4.79 Å². The van der Waals surface area contributed by atoms with E-state index in [1.807, 2.05) is 0 Å². The molecule has 0 saturated carbocycles. The topological polar surface area (TPSA) is 93.7 Å². The highest BCUT2D eigenvalue weighted by Crippen LogP contribution is 2.37. The van der Waals surface area contributed by atoms with Crippen LogP contribution < -0.4 is 4.90 Å². The van der Waals surface area contributed by atoms with Crippen molar-refractivity contribution < 1.29 is 18.9 Å². The molecule has 1 aliphatic heterocycles. The van der Waals surface area contributed by atoms with E-state index in [1.54, 1.807) is 54.6 Å². The minimum atomic E-state index is -0.491. The molecule has 29 heavy (non-hydrogen) atoms. The van der Waals surface area contributed by atoms with Crippen molar-refractivity contribution in [1.29, 1.82) is 0 Å². The number of para-hydroxylation sites is 1. The Labute approximate surface area is 173 Å². The van der Waals surface area contributed by atoms with Crippen molar-refractivity contribution >= 4 is 52.0 Å². The molecule has 4 rings (SSSR count). The van der Waals surface area contributed by atoms with Gasteiger partial charge in [0, 0.05) is 17.2 Å². The fraction of sp³-hybridized carbons (Fsp3) is 0. The Morgan fingerprint density at radius 1 is 1.03 bits per heavy atom. The molecule has 0 aliphatic carbocycles. The third kappa shape index (κ3) is 3.67. The molecule has 1 aliphatic rings. The van der Waals surface area contributed by atoms with E-state index in [9.17, 15) is 19.7 Å². The van der Waals surface area contributed by atoms with Gasteiger partial charge in [0.15, 0.2) is 0 Å². The summed E-state index contributed by atoms with van der Waals surface area (Å²) in [6, 6.07) is 15.7. The van der Waals surface area contributed by atoms with E-state index in [4.69, 9.17) is 16.0 Å². The van der Waals surface area contributed by atoms with Crippen LogP contribution in [0.15, 0.2) is 70.0 Å². The van der Waals surface area contributed by atoms with Crippen molar-refractivity contribution in [3.63, 3.8) is 0 Å². The summed E-state index contributed by atoms with van der Waals surface area (Å²) in [6.07, 6.45) is 1.44. The normalized spacial score (nSPS) is 15.3. The Bertz CT molecular complexity index is 1170. The van der Waals surface area contributed by atoms with Crippen LogP contribution in [0.1, 0.15) is 5.76 Å². The molecular formula is C20H11ClN2O5S. The van der Waals surface area contributed by atoms with Gasteiger partial charge in [0.2, 0.25) is 0 Å². The number of anilines is 1. The number of thioether (sulfide) groups is 1. The second-order valence-electron chi connectivity index (χ2n) is 5.97. The number of imide groups is 1. The van der Waals surface area contributed by atoms with Gasteiger partial charge in [0.25, 0.3) is 16.8 Å².